The number of rotatable bonds is 39. The predicted molar refractivity (Wildman–Crippen MR) is 230 cm³/mol. The zero-order valence-electron chi connectivity index (χ0n) is 36.1. The van der Waals surface area contributed by atoms with Gasteiger partial charge in [-0.05, 0) is 44.9 Å². The maximum atomic E-state index is 13.0. The summed E-state index contributed by atoms with van der Waals surface area (Å²) in [6.45, 7) is 3.81. The van der Waals surface area contributed by atoms with E-state index in [1.165, 1.54) is 141 Å². The molecule has 0 aromatic heterocycles. The van der Waals surface area contributed by atoms with Crippen LogP contribution < -0.4 is 5.32 Å². The molecule has 7 atom stereocenters. The highest BCUT2D eigenvalue weighted by atomic mass is 16.7. The van der Waals surface area contributed by atoms with E-state index in [2.05, 4.69) is 43.5 Å². The topological polar surface area (TPSA) is 149 Å². The van der Waals surface area contributed by atoms with Gasteiger partial charge in [0.1, 0.15) is 24.4 Å². The average molecular weight is 796 g/mol. The Morgan fingerprint density at radius 3 is 1.54 bits per heavy atom. The fraction of sp³-hybridized carbons (Fsp3) is 0.894. The SMILES string of the molecule is CCCCCCC/C=C\C/C=C\CCCCCCCCCCCC(=O)NC(COC1OC(CO)C(O)C(O)C1O)C(O)CCCCCCCCCCCCCC. The van der Waals surface area contributed by atoms with E-state index >= 15 is 0 Å². The molecule has 7 unspecified atom stereocenters. The Labute approximate surface area is 343 Å². The molecular weight excluding hydrogens is 707 g/mol. The van der Waals surface area contributed by atoms with Crippen molar-refractivity contribution in [1.29, 1.82) is 0 Å². The highest BCUT2D eigenvalue weighted by Gasteiger charge is 2.44. The summed E-state index contributed by atoms with van der Waals surface area (Å²) in [7, 11) is 0. The van der Waals surface area contributed by atoms with Crippen molar-refractivity contribution in [3.8, 4) is 0 Å². The quantitative estimate of drug-likeness (QED) is 0.0266. The van der Waals surface area contributed by atoms with Crippen LogP contribution in [0.5, 0.6) is 0 Å². The summed E-state index contributed by atoms with van der Waals surface area (Å²) in [6, 6.07) is -0.718. The number of allylic oxidation sites excluding steroid dienone is 4. The Bertz CT molecular complexity index is 930. The lowest BCUT2D eigenvalue weighted by molar-refractivity contribution is -0.302. The molecule has 0 bridgehead atoms. The molecule has 0 spiro atoms. The molecule has 1 heterocycles. The molecule has 0 saturated carbocycles. The van der Waals surface area contributed by atoms with E-state index in [1.54, 1.807) is 0 Å². The maximum absolute atomic E-state index is 13.0. The van der Waals surface area contributed by atoms with E-state index in [0.717, 1.165) is 44.9 Å². The Kier molecular flexibility index (Phi) is 35.7. The van der Waals surface area contributed by atoms with Crippen LogP contribution in [-0.4, -0.2) is 87.5 Å². The number of hydrogen-bond donors (Lipinski definition) is 6. The molecule has 9 heteroatoms. The first-order valence-electron chi connectivity index (χ1n) is 23.5. The third-order valence-electron chi connectivity index (χ3n) is 11.3. The van der Waals surface area contributed by atoms with Gasteiger partial charge in [-0.25, -0.2) is 0 Å². The first-order chi connectivity index (χ1) is 27.3. The number of ether oxygens (including phenoxy) is 2. The van der Waals surface area contributed by atoms with Gasteiger partial charge in [-0.2, -0.15) is 0 Å². The number of nitrogens with one attached hydrogen (secondary N) is 1. The van der Waals surface area contributed by atoms with E-state index in [0.29, 0.717) is 12.8 Å². The van der Waals surface area contributed by atoms with Crippen LogP contribution in [0.1, 0.15) is 213 Å². The number of hydrogen-bond acceptors (Lipinski definition) is 8. The molecule has 0 aromatic carbocycles. The van der Waals surface area contributed by atoms with Gasteiger partial charge in [0.05, 0.1) is 25.4 Å². The molecule has 1 saturated heterocycles. The molecule has 0 aromatic rings. The molecule has 1 amide bonds. The van der Waals surface area contributed by atoms with Gasteiger partial charge in [0.25, 0.3) is 0 Å². The minimum Gasteiger partial charge on any atom is -0.394 e. The summed E-state index contributed by atoms with van der Waals surface area (Å²) in [5.41, 5.74) is 0. The van der Waals surface area contributed by atoms with Crippen molar-refractivity contribution in [3.63, 3.8) is 0 Å². The standard InChI is InChI=1S/C47H89NO8/c1-3-5-7-9-11-13-15-17-18-19-20-21-22-23-24-25-27-29-31-33-35-37-43(51)48-40(39-55-47-46(54)45(53)44(52)42(38-49)56-47)41(50)36-34-32-30-28-26-16-14-12-10-8-6-4-2/h15,17,19-20,40-42,44-47,49-50,52-54H,3-14,16,18,21-39H2,1-2H3,(H,48,51)/b17-15-,20-19-. The normalized spacial score (nSPS) is 21.3. The van der Waals surface area contributed by atoms with E-state index in [1.807, 2.05) is 0 Å². The van der Waals surface area contributed by atoms with Crippen molar-refractivity contribution in [2.24, 2.45) is 0 Å². The van der Waals surface area contributed by atoms with Gasteiger partial charge in [0, 0.05) is 6.42 Å². The number of carbonyl (C=O) groups is 1. The van der Waals surface area contributed by atoms with Crippen LogP contribution in [0.2, 0.25) is 0 Å². The zero-order valence-corrected chi connectivity index (χ0v) is 36.1. The van der Waals surface area contributed by atoms with Gasteiger partial charge < -0.3 is 40.3 Å². The number of carbonyl (C=O) groups excluding carboxylic acids is 1. The Hall–Kier alpha value is -1.33. The minimum atomic E-state index is -1.55. The minimum absolute atomic E-state index is 0.138. The van der Waals surface area contributed by atoms with Crippen molar-refractivity contribution < 1.29 is 39.8 Å². The van der Waals surface area contributed by atoms with Gasteiger partial charge >= 0.3 is 0 Å². The second kappa shape index (κ2) is 37.9. The highest BCUT2D eigenvalue weighted by molar-refractivity contribution is 5.76. The second-order valence-electron chi connectivity index (χ2n) is 16.6. The fourth-order valence-electron chi connectivity index (χ4n) is 7.48. The predicted octanol–water partition coefficient (Wildman–Crippen LogP) is 9.89. The van der Waals surface area contributed by atoms with Gasteiger partial charge in [-0.3, -0.25) is 4.79 Å². The van der Waals surface area contributed by atoms with Crippen molar-refractivity contribution in [2.75, 3.05) is 13.2 Å². The van der Waals surface area contributed by atoms with Crippen LogP contribution in [0.15, 0.2) is 24.3 Å². The Balaban J connectivity index is 2.28. The van der Waals surface area contributed by atoms with Crippen LogP contribution in [0.3, 0.4) is 0 Å². The number of amides is 1. The summed E-state index contributed by atoms with van der Waals surface area (Å²) < 4.78 is 11.2. The maximum Gasteiger partial charge on any atom is 0.220 e. The molecule has 0 radical (unpaired) electrons. The molecule has 1 aliphatic rings. The number of aliphatic hydroxyl groups is 5. The summed E-state index contributed by atoms with van der Waals surface area (Å²) in [4.78, 5) is 13.0. The van der Waals surface area contributed by atoms with Crippen molar-refractivity contribution in [3.05, 3.63) is 24.3 Å². The molecule has 330 valence electrons. The smallest absolute Gasteiger partial charge is 0.220 e. The molecule has 0 aliphatic carbocycles. The first-order valence-corrected chi connectivity index (χ1v) is 23.5. The van der Waals surface area contributed by atoms with Gasteiger partial charge in [0.2, 0.25) is 5.91 Å². The van der Waals surface area contributed by atoms with E-state index in [4.69, 9.17) is 9.47 Å². The summed E-state index contributed by atoms with van der Waals surface area (Å²) >= 11 is 0. The average Bonchev–Trinajstić information content (AvgIpc) is 3.20. The second-order valence-corrected chi connectivity index (χ2v) is 16.6. The third kappa shape index (κ3) is 28.2. The molecule has 1 rings (SSSR count). The van der Waals surface area contributed by atoms with E-state index in [-0.39, 0.29) is 12.5 Å². The fourth-order valence-corrected chi connectivity index (χ4v) is 7.48. The molecule has 1 fully saturated rings. The molecule has 56 heavy (non-hydrogen) atoms. The summed E-state index contributed by atoms with van der Waals surface area (Å²) in [6.07, 6.45) is 37.5. The lowest BCUT2D eigenvalue weighted by Crippen LogP contribution is -2.60. The lowest BCUT2D eigenvalue weighted by atomic mass is 9.99. The van der Waals surface area contributed by atoms with Crippen LogP contribution in [0, 0.1) is 0 Å². The first kappa shape index (κ1) is 52.7. The largest absolute Gasteiger partial charge is 0.394 e. The van der Waals surface area contributed by atoms with Crippen LogP contribution in [0.25, 0.3) is 0 Å². The van der Waals surface area contributed by atoms with Crippen molar-refractivity contribution in [1.82, 2.24) is 5.32 Å². The van der Waals surface area contributed by atoms with Crippen molar-refractivity contribution in [2.45, 2.75) is 256 Å². The van der Waals surface area contributed by atoms with Crippen LogP contribution >= 0.6 is 0 Å². The van der Waals surface area contributed by atoms with E-state index < -0.39 is 49.5 Å². The Morgan fingerprint density at radius 1 is 0.607 bits per heavy atom. The number of unbranched alkanes of at least 4 members (excludes halogenated alkanes) is 25. The summed E-state index contributed by atoms with van der Waals surface area (Å²) in [5, 5.41) is 54.3. The summed E-state index contributed by atoms with van der Waals surface area (Å²) in [5.74, 6) is -0.149. The zero-order chi connectivity index (χ0) is 40.9. The van der Waals surface area contributed by atoms with Crippen molar-refractivity contribution >= 4 is 5.91 Å². The molecular formula is C47H89NO8. The Morgan fingerprint density at radius 2 is 1.05 bits per heavy atom. The molecule has 9 nitrogen and oxygen atoms in total. The van der Waals surface area contributed by atoms with Gasteiger partial charge in [0.15, 0.2) is 6.29 Å². The van der Waals surface area contributed by atoms with Crippen LogP contribution in [0.4, 0.5) is 0 Å². The highest BCUT2D eigenvalue weighted by Crippen LogP contribution is 2.23. The van der Waals surface area contributed by atoms with Gasteiger partial charge in [-0.15, -0.1) is 0 Å². The van der Waals surface area contributed by atoms with Gasteiger partial charge in [-0.1, -0.05) is 186 Å². The van der Waals surface area contributed by atoms with Crippen LogP contribution in [-0.2, 0) is 14.3 Å². The third-order valence-corrected chi connectivity index (χ3v) is 11.3. The molecule has 6 N–H and O–H groups in total. The lowest BCUT2D eigenvalue weighted by Gasteiger charge is -2.40. The molecule has 1 aliphatic heterocycles. The van der Waals surface area contributed by atoms with E-state index in [9.17, 15) is 30.3 Å². The monoisotopic (exact) mass is 796 g/mol. The number of aliphatic hydroxyl groups excluding tert-OH is 5.